The van der Waals surface area contributed by atoms with Crippen LogP contribution in [0.5, 0.6) is 0 Å². The number of hydrogen-bond donors (Lipinski definition) is 1. The molecule has 1 saturated carbocycles. The Morgan fingerprint density at radius 2 is 1.86 bits per heavy atom. The number of hydrogen-bond acceptors (Lipinski definition) is 2. The summed E-state index contributed by atoms with van der Waals surface area (Å²) < 4.78 is 5.90. The van der Waals surface area contributed by atoms with Crippen molar-refractivity contribution in [3.63, 3.8) is 0 Å². The quantitative estimate of drug-likeness (QED) is 0.318. The standard InChI is InChI=1S/C17H33N3O.HI/c1-16(2)13-20(17(16,3)4)15(18-5)19-11-8-12-21-14-9-6-7-10-14;/h14H,6-13H2,1-5H3,(H,18,19);1H. The van der Waals surface area contributed by atoms with Gasteiger partial charge in [0.05, 0.1) is 6.10 Å². The van der Waals surface area contributed by atoms with E-state index in [1.807, 2.05) is 7.05 Å². The molecule has 1 aliphatic heterocycles. The molecule has 2 aliphatic rings. The summed E-state index contributed by atoms with van der Waals surface area (Å²) in [5, 5.41) is 3.49. The minimum atomic E-state index is 0. The van der Waals surface area contributed by atoms with Gasteiger partial charge in [0.2, 0.25) is 0 Å². The van der Waals surface area contributed by atoms with E-state index in [1.54, 1.807) is 0 Å². The van der Waals surface area contributed by atoms with E-state index in [-0.39, 0.29) is 29.5 Å². The summed E-state index contributed by atoms with van der Waals surface area (Å²) in [6.07, 6.45) is 6.77. The number of likely N-dealkylation sites (tertiary alicyclic amines) is 1. The highest BCUT2D eigenvalue weighted by Gasteiger charge is 2.53. The molecular formula is C17H34IN3O. The van der Waals surface area contributed by atoms with Gasteiger partial charge < -0.3 is 15.0 Å². The highest BCUT2D eigenvalue weighted by molar-refractivity contribution is 14.0. The summed E-state index contributed by atoms with van der Waals surface area (Å²) in [5.74, 6) is 1.03. The minimum absolute atomic E-state index is 0. The third-order valence-corrected chi connectivity index (χ3v) is 5.61. The Hall–Kier alpha value is -0.0400. The van der Waals surface area contributed by atoms with Gasteiger partial charge in [0, 0.05) is 37.7 Å². The van der Waals surface area contributed by atoms with Gasteiger partial charge in [0.1, 0.15) is 0 Å². The Morgan fingerprint density at radius 3 is 2.36 bits per heavy atom. The van der Waals surface area contributed by atoms with E-state index in [1.165, 1.54) is 25.7 Å². The second-order valence-electron chi connectivity index (χ2n) is 7.63. The molecule has 1 N–H and O–H groups in total. The molecule has 5 heteroatoms. The van der Waals surface area contributed by atoms with Crippen molar-refractivity contribution in [3.05, 3.63) is 0 Å². The van der Waals surface area contributed by atoms with Crippen LogP contribution in [-0.2, 0) is 4.74 Å². The van der Waals surface area contributed by atoms with Crippen molar-refractivity contribution in [2.24, 2.45) is 10.4 Å². The molecule has 1 aliphatic carbocycles. The predicted octanol–water partition coefficient (Wildman–Crippen LogP) is 3.65. The van der Waals surface area contributed by atoms with Crippen LogP contribution in [0.25, 0.3) is 0 Å². The fraction of sp³-hybridized carbons (Fsp3) is 0.941. The smallest absolute Gasteiger partial charge is 0.194 e. The number of guanidine groups is 1. The third kappa shape index (κ3) is 4.28. The number of aliphatic imine (C=N–C) groups is 1. The largest absolute Gasteiger partial charge is 0.378 e. The molecule has 2 fully saturated rings. The Balaban J connectivity index is 0.00000242. The molecule has 0 radical (unpaired) electrons. The number of ether oxygens (including phenoxy) is 1. The van der Waals surface area contributed by atoms with Crippen molar-refractivity contribution in [1.82, 2.24) is 10.2 Å². The maximum absolute atomic E-state index is 5.90. The van der Waals surface area contributed by atoms with Crippen molar-refractivity contribution in [3.8, 4) is 0 Å². The van der Waals surface area contributed by atoms with E-state index in [0.717, 1.165) is 32.1 Å². The summed E-state index contributed by atoms with van der Waals surface area (Å²) >= 11 is 0. The monoisotopic (exact) mass is 423 g/mol. The molecule has 22 heavy (non-hydrogen) atoms. The summed E-state index contributed by atoms with van der Waals surface area (Å²) in [5.41, 5.74) is 0.505. The zero-order chi connectivity index (χ0) is 15.5. The lowest BCUT2D eigenvalue weighted by Crippen LogP contribution is -2.72. The molecule has 0 bridgehead atoms. The first-order chi connectivity index (χ1) is 9.88. The molecular weight excluding hydrogens is 389 g/mol. The van der Waals surface area contributed by atoms with Gasteiger partial charge in [0.25, 0.3) is 0 Å². The van der Waals surface area contributed by atoms with Crippen LogP contribution in [-0.4, -0.2) is 49.2 Å². The van der Waals surface area contributed by atoms with Crippen LogP contribution < -0.4 is 5.32 Å². The maximum atomic E-state index is 5.90. The Labute approximate surface area is 153 Å². The van der Waals surface area contributed by atoms with Gasteiger partial charge in [-0.2, -0.15) is 0 Å². The van der Waals surface area contributed by atoms with Gasteiger partial charge in [-0.1, -0.05) is 26.7 Å². The van der Waals surface area contributed by atoms with Gasteiger partial charge in [-0.15, -0.1) is 24.0 Å². The van der Waals surface area contributed by atoms with Gasteiger partial charge in [-0.05, 0) is 33.1 Å². The second kappa shape index (κ2) is 8.18. The first-order valence-electron chi connectivity index (χ1n) is 8.48. The molecule has 1 saturated heterocycles. The number of nitrogens with zero attached hydrogens (tertiary/aromatic N) is 2. The highest BCUT2D eigenvalue weighted by atomic mass is 127. The first-order valence-corrected chi connectivity index (χ1v) is 8.48. The highest BCUT2D eigenvalue weighted by Crippen LogP contribution is 2.46. The first kappa shape index (κ1) is 20.0. The maximum Gasteiger partial charge on any atom is 0.194 e. The molecule has 2 rings (SSSR count). The average molecular weight is 423 g/mol. The Morgan fingerprint density at radius 1 is 1.23 bits per heavy atom. The van der Waals surface area contributed by atoms with Gasteiger partial charge in [-0.25, -0.2) is 0 Å². The molecule has 0 unspecified atom stereocenters. The molecule has 0 aromatic rings. The lowest BCUT2D eigenvalue weighted by Gasteiger charge is -2.62. The van der Waals surface area contributed by atoms with Crippen LogP contribution >= 0.6 is 24.0 Å². The second-order valence-corrected chi connectivity index (χ2v) is 7.63. The van der Waals surface area contributed by atoms with E-state index >= 15 is 0 Å². The number of halogens is 1. The topological polar surface area (TPSA) is 36.9 Å². The number of rotatable bonds is 5. The SMILES string of the molecule is CN=C(NCCCOC1CCCC1)N1CC(C)(C)C1(C)C.I. The minimum Gasteiger partial charge on any atom is -0.378 e. The van der Waals surface area contributed by atoms with E-state index in [0.29, 0.717) is 11.5 Å². The van der Waals surface area contributed by atoms with Crippen LogP contribution in [0.3, 0.4) is 0 Å². The van der Waals surface area contributed by atoms with E-state index in [9.17, 15) is 0 Å². The van der Waals surface area contributed by atoms with Crippen LogP contribution in [0.2, 0.25) is 0 Å². The van der Waals surface area contributed by atoms with Crippen LogP contribution in [0.15, 0.2) is 4.99 Å². The zero-order valence-corrected chi connectivity index (χ0v) is 17.3. The lowest BCUT2D eigenvalue weighted by molar-refractivity contribution is -0.0667. The lowest BCUT2D eigenvalue weighted by atomic mass is 9.65. The third-order valence-electron chi connectivity index (χ3n) is 5.61. The molecule has 130 valence electrons. The van der Waals surface area contributed by atoms with Gasteiger partial charge in [-0.3, -0.25) is 4.99 Å². The van der Waals surface area contributed by atoms with Crippen molar-refractivity contribution in [2.75, 3.05) is 26.7 Å². The molecule has 4 nitrogen and oxygen atoms in total. The summed E-state index contributed by atoms with van der Waals surface area (Å²) in [6.45, 7) is 12.1. The van der Waals surface area contributed by atoms with Crippen LogP contribution in [0.1, 0.15) is 59.8 Å². The fourth-order valence-corrected chi connectivity index (χ4v) is 3.27. The normalized spacial score (nSPS) is 23.9. The summed E-state index contributed by atoms with van der Waals surface area (Å²) in [4.78, 5) is 6.82. The van der Waals surface area contributed by atoms with Crippen molar-refractivity contribution >= 4 is 29.9 Å². The summed E-state index contributed by atoms with van der Waals surface area (Å²) in [6, 6.07) is 0. The van der Waals surface area contributed by atoms with E-state index in [4.69, 9.17) is 4.74 Å². The molecule has 0 atom stereocenters. The molecule has 0 aromatic heterocycles. The zero-order valence-electron chi connectivity index (χ0n) is 14.9. The van der Waals surface area contributed by atoms with Crippen molar-refractivity contribution in [2.45, 2.75) is 71.4 Å². The molecule has 1 heterocycles. The predicted molar refractivity (Wildman–Crippen MR) is 104 cm³/mol. The van der Waals surface area contributed by atoms with Crippen LogP contribution in [0, 0.1) is 5.41 Å². The number of nitrogens with one attached hydrogen (secondary N) is 1. The van der Waals surface area contributed by atoms with Crippen LogP contribution in [0.4, 0.5) is 0 Å². The molecule has 0 spiro atoms. The Bertz CT molecular complexity index is 376. The summed E-state index contributed by atoms with van der Waals surface area (Å²) in [7, 11) is 1.87. The van der Waals surface area contributed by atoms with Crippen molar-refractivity contribution < 1.29 is 4.74 Å². The fourth-order valence-electron chi connectivity index (χ4n) is 3.27. The van der Waals surface area contributed by atoms with Gasteiger partial charge >= 0.3 is 0 Å². The molecule has 0 aromatic carbocycles. The van der Waals surface area contributed by atoms with Gasteiger partial charge in [0.15, 0.2) is 5.96 Å². The van der Waals surface area contributed by atoms with E-state index in [2.05, 4.69) is 42.9 Å². The van der Waals surface area contributed by atoms with E-state index < -0.39 is 0 Å². The van der Waals surface area contributed by atoms with Crippen molar-refractivity contribution in [1.29, 1.82) is 0 Å². The Kier molecular flexibility index (Phi) is 7.43. The molecule has 0 amide bonds. The average Bonchev–Trinajstić information content (AvgIpc) is 2.94.